The highest BCUT2D eigenvalue weighted by atomic mass is 16.3. The molecule has 0 aliphatic carbocycles. The molecule has 0 bridgehead atoms. The lowest BCUT2D eigenvalue weighted by atomic mass is 9.78. The maximum absolute atomic E-state index is 9.53. The van der Waals surface area contributed by atoms with Crippen molar-refractivity contribution in [2.24, 2.45) is 24.1 Å². The molecule has 0 radical (unpaired) electrons. The standard InChI is InChI=1S/C10H21N5O/c1-8(2)4-10(6-11,7-16)5-9-12-14-15(3)13-9/h8,16H,4-7,11H2,1-3H3. The predicted molar refractivity (Wildman–Crippen MR) is 60.5 cm³/mol. The molecule has 1 atom stereocenters. The number of aryl methyl sites for hydroxylation is 1. The van der Waals surface area contributed by atoms with Crippen molar-refractivity contribution >= 4 is 0 Å². The summed E-state index contributed by atoms with van der Waals surface area (Å²) in [6.07, 6.45) is 1.43. The van der Waals surface area contributed by atoms with Gasteiger partial charge in [0.15, 0.2) is 5.82 Å². The molecule has 1 aromatic heterocycles. The van der Waals surface area contributed by atoms with E-state index in [4.69, 9.17) is 5.73 Å². The van der Waals surface area contributed by atoms with Crippen molar-refractivity contribution in [1.82, 2.24) is 20.2 Å². The minimum Gasteiger partial charge on any atom is -0.396 e. The fourth-order valence-corrected chi connectivity index (χ4v) is 2.01. The zero-order valence-corrected chi connectivity index (χ0v) is 10.2. The van der Waals surface area contributed by atoms with Crippen molar-refractivity contribution in [2.45, 2.75) is 26.7 Å². The highest BCUT2D eigenvalue weighted by molar-refractivity contribution is 4.92. The summed E-state index contributed by atoms with van der Waals surface area (Å²) in [6.45, 7) is 4.72. The first-order valence-corrected chi connectivity index (χ1v) is 5.55. The number of nitrogens with two attached hydrogens (primary N) is 1. The molecule has 0 fully saturated rings. The van der Waals surface area contributed by atoms with Crippen LogP contribution in [0.5, 0.6) is 0 Å². The van der Waals surface area contributed by atoms with Crippen LogP contribution in [0, 0.1) is 11.3 Å². The molecule has 6 nitrogen and oxygen atoms in total. The Kier molecular flexibility index (Phi) is 4.37. The summed E-state index contributed by atoms with van der Waals surface area (Å²) in [5.74, 6) is 1.12. The molecule has 0 saturated heterocycles. The predicted octanol–water partition coefficient (Wildman–Crippen LogP) is -0.264. The molecular weight excluding hydrogens is 206 g/mol. The number of hydrogen-bond acceptors (Lipinski definition) is 5. The maximum Gasteiger partial charge on any atom is 0.175 e. The lowest BCUT2D eigenvalue weighted by Crippen LogP contribution is -2.38. The fraction of sp³-hybridized carbons (Fsp3) is 0.900. The van der Waals surface area contributed by atoms with E-state index in [1.54, 1.807) is 7.05 Å². The number of nitrogens with zero attached hydrogens (tertiary/aromatic N) is 4. The molecule has 6 heteroatoms. The second kappa shape index (κ2) is 5.36. The van der Waals surface area contributed by atoms with Crippen molar-refractivity contribution in [1.29, 1.82) is 0 Å². The van der Waals surface area contributed by atoms with Crippen LogP contribution in [0.4, 0.5) is 0 Å². The van der Waals surface area contributed by atoms with E-state index in [0.29, 0.717) is 24.7 Å². The van der Waals surface area contributed by atoms with Gasteiger partial charge in [0.05, 0.1) is 13.7 Å². The van der Waals surface area contributed by atoms with Crippen LogP contribution in [0.25, 0.3) is 0 Å². The van der Waals surface area contributed by atoms with Crippen LogP contribution in [0.15, 0.2) is 0 Å². The molecule has 0 aliphatic heterocycles. The van der Waals surface area contributed by atoms with Gasteiger partial charge in [-0.3, -0.25) is 0 Å². The topological polar surface area (TPSA) is 89.9 Å². The number of aliphatic hydroxyl groups excluding tert-OH is 1. The zero-order chi connectivity index (χ0) is 12.2. The van der Waals surface area contributed by atoms with Crippen LogP contribution in [0.3, 0.4) is 0 Å². The Morgan fingerprint density at radius 1 is 1.50 bits per heavy atom. The first kappa shape index (κ1) is 13.1. The van der Waals surface area contributed by atoms with Crippen LogP contribution in [-0.4, -0.2) is 38.5 Å². The lowest BCUT2D eigenvalue weighted by Gasteiger charge is -2.30. The Morgan fingerprint density at radius 2 is 2.19 bits per heavy atom. The van der Waals surface area contributed by atoms with Crippen molar-refractivity contribution in [3.05, 3.63) is 5.82 Å². The molecule has 0 saturated carbocycles. The van der Waals surface area contributed by atoms with Gasteiger partial charge in [-0.15, -0.1) is 10.2 Å². The van der Waals surface area contributed by atoms with E-state index in [1.807, 2.05) is 0 Å². The highest BCUT2D eigenvalue weighted by Crippen LogP contribution is 2.28. The molecule has 1 rings (SSSR count). The number of tetrazole rings is 1. The fourth-order valence-electron chi connectivity index (χ4n) is 2.01. The Morgan fingerprint density at radius 3 is 2.56 bits per heavy atom. The summed E-state index contributed by atoms with van der Waals surface area (Å²) in [4.78, 5) is 1.42. The first-order valence-electron chi connectivity index (χ1n) is 5.55. The van der Waals surface area contributed by atoms with Crippen LogP contribution >= 0.6 is 0 Å². The van der Waals surface area contributed by atoms with E-state index in [1.165, 1.54) is 4.80 Å². The van der Waals surface area contributed by atoms with Crippen molar-refractivity contribution in [3.8, 4) is 0 Å². The Hall–Kier alpha value is -1.01. The van der Waals surface area contributed by atoms with E-state index in [0.717, 1.165) is 6.42 Å². The minimum absolute atomic E-state index is 0.0555. The number of rotatable bonds is 6. The van der Waals surface area contributed by atoms with E-state index >= 15 is 0 Å². The van der Waals surface area contributed by atoms with Crippen molar-refractivity contribution < 1.29 is 5.11 Å². The van der Waals surface area contributed by atoms with Crippen LogP contribution in [0.1, 0.15) is 26.1 Å². The molecule has 1 unspecified atom stereocenters. The molecule has 0 aliphatic rings. The average Bonchev–Trinajstić information content (AvgIpc) is 2.62. The number of aliphatic hydroxyl groups is 1. The highest BCUT2D eigenvalue weighted by Gasteiger charge is 2.31. The molecule has 0 spiro atoms. The molecule has 1 aromatic rings. The molecule has 0 aromatic carbocycles. The van der Waals surface area contributed by atoms with E-state index in [-0.39, 0.29) is 12.0 Å². The van der Waals surface area contributed by atoms with E-state index in [2.05, 4.69) is 29.3 Å². The van der Waals surface area contributed by atoms with Gasteiger partial charge < -0.3 is 10.8 Å². The maximum atomic E-state index is 9.53. The van der Waals surface area contributed by atoms with Gasteiger partial charge in [0.1, 0.15) is 0 Å². The zero-order valence-electron chi connectivity index (χ0n) is 10.2. The third kappa shape index (κ3) is 3.24. The summed E-state index contributed by atoms with van der Waals surface area (Å²) in [7, 11) is 1.72. The second-order valence-corrected chi connectivity index (χ2v) is 4.83. The van der Waals surface area contributed by atoms with Crippen molar-refractivity contribution in [2.75, 3.05) is 13.2 Å². The first-order chi connectivity index (χ1) is 7.51. The van der Waals surface area contributed by atoms with Gasteiger partial charge in [0.25, 0.3) is 0 Å². The van der Waals surface area contributed by atoms with E-state index in [9.17, 15) is 5.11 Å². The van der Waals surface area contributed by atoms with Gasteiger partial charge in [-0.2, -0.15) is 4.80 Å². The molecule has 16 heavy (non-hydrogen) atoms. The SMILES string of the molecule is CC(C)CC(CN)(CO)Cc1nnn(C)n1. The molecule has 0 amide bonds. The van der Waals surface area contributed by atoms with Crippen molar-refractivity contribution in [3.63, 3.8) is 0 Å². The third-order valence-electron chi connectivity index (χ3n) is 2.69. The van der Waals surface area contributed by atoms with Gasteiger partial charge in [-0.1, -0.05) is 13.8 Å². The number of hydrogen-bond donors (Lipinski definition) is 2. The molecule has 3 N–H and O–H groups in total. The minimum atomic E-state index is -0.322. The monoisotopic (exact) mass is 227 g/mol. The average molecular weight is 227 g/mol. The van der Waals surface area contributed by atoms with E-state index < -0.39 is 0 Å². The lowest BCUT2D eigenvalue weighted by molar-refractivity contribution is 0.106. The summed E-state index contributed by atoms with van der Waals surface area (Å²) in [5.41, 5.74) is 5.46. The molecular formula is C10H21N5O. The third-order valence-corrected chi connectivity index (χ3v) is 2.69. The van der Waals surface area contributed by atoms with Crippen LogP contribution in [-0.2, 0) is 13.5 Å². The van der Waals surface area contributed by atoms with Crippen LogP contribution in [0.2, 0.25) is 0 Å². The normalized spacial score (nSPS) is 15.4. The summed E-state index contributed by atoms with van der Waals surface area (Å²) in [6, 6.07) is 0. The summed E-state index contributed by atoms with van der Waals surface area (Å²) >= 11 is 0. The largest absolute Gasteiger partial charge is 0.396 e. The smallest absolute Gasteiger partial charge is 0.175 e. The second-order valence-electron chi connectivity index (χ2n) is 4.83. The summed E-state index contributed by atoms with van der Waals surface area (Å²) in [5, 5.41) is 21.4. The Labute approximate surface area is 95.8 Å². The number of aromatic nitrogens is 4. The molecule has 1 heterocycles. The Bertz CT molecular complexity index is 319. The van der Waals surface area contributed by atoms with Gasteiger partial charge in [0, 0.05) is 18.4 Å². The summed E-state index contributed by atoms with van der Waals surface area (Å²) < 4.78 is 0. The Balaban J connectivity index is 2.77. The quantitative estimate of drug-likeness (QED) is 0.698. The van der Waals surface area contributed by atoms with Gasteiger partial charge in [-0.25, -0.2) is 0 Å². The van der Waals surface area contributed by atoms with Gasteiger partial charge in [-0.05, 0) is 17.6 Å². The molecule has 92 valence electrons. The van der Waals surface area contributed by atoms with Crippen LogP contribution < -0.4 is 5.73 Å². The van der Waals surface area contributed by atoms with Gasteiger partial charge >= 0.3 is 0 Å². The van der Waals surface area contributed by atoms with Gasteiger partial charge in [0.2, 0.25) is 0 Å².